The fourth-order valence-corrected chi connectivity index (χ4v) is 0.958. The molecule has 0 amide bonds. The lowest BCUT2D eigenvalue weighted by Gasteiger charge is -1.72. The van der Waals surface area contributed by atoms with E-state index in [4.69, 9.17) is 0 Å². The van der Waals surface area contributed by atoms with Crippen LogP contribution in [0.2, 0.25) is 0 Å². The highest BCUT2D eigenvalue weighted by molar-refractivity contribution is 4.85. The number of fused-ring (bicyclic) bond motifs is 1. The fourth-order valence-electron chi connectivity index (χ4n) is 0.958. The Kier molecular flexibility index (Phi) is 0.859. The van der Waals surface area contributed by atoms with Crippen molar-refractivity contribution in [2.75, 3.05) is 6.54 Å². The molecule has 9 heavy (non-hydrogen) atoms. The third kappa shape index (κ3) is 0.633. The smallest absolute Gasteiger partial charge is 0.203 e. The lowest BCUT2D eigenvalue weighted by Crippen LogP contribution is -2.32. The summed E-state index contributed by atoms with van der Waals surface area (Å²) in [5.41, 5.74) is 1.05. The summed E-state index contributed by atoms with van der Waals surface area (Å²) in [6, 6.07) is 6.00. The van der Waals surface area contributed by atoms with E-state index >= 15 is 0 Å². The van der Waals surface area contributed by atoms with Crippen molar-refractivity contribution in [1.82, 2.24) is 0 Å². The molecule has 2 heteroatoms. The highest BCUT2D eigenvalue weighted by Crippen LogP contribution is 1.73. The molecule has 44 valence electrons. The molecular formula is C7H7N2+. The van der Waals surface area contributed by atoms with Crippen LogP contribution in [0, 0.1) is 6.21 Å². The molecule has 0 unspecified atom stereocenters. The molecule has 0 saturated carbocycles. The van der Waals surface area contributed by atoms with E-state index in [9.17, 15) is 0 Å². The largest absolute Gasteiger partial charge is 0.322 e. The van der Waals surface area contributed by atoms with Gasteiger partial charge in [-0.25, -0.2) is 4.24 Å². The van der Waals surface area contributed by atoms with E-state index < -0.39 is 0 Å². The van der Waals surface area contributed by atoms with Gasteiger partial charge in [0.1, 0.15) is 6.21 Å². The van der Waals surface area contributed by atoms with Crippen LogP contribution in [0.15, 0.2) is 29.4 Å². The third-order valence-electron chi connectivity index (χ3n) is 1.40. The molecule has 0 radical (unpaired) electrons. The summed E-state index contributed by atoms with van der Waals surface area (Å²) in [6.07, 6.45) is 4.06. The van der Waals surface area contributed by atoms with Crippen LogP contribution in [0.1, 0.15) is 0 Å². The molecule has 0 fully saturated rings. The van der Waals surface area contributed by atoms with Gasteiger partial charge in [-0.15, -0.1) is 0 Å². The number of hydrogen-bond donors (Lipinski definition) is 0. The van der Waals surface area contributed by atoms with Crippen molar-refractivity contribution in [2.45, 2.75) is 0 Å². The Hall–Kier alpha value is -1.18. The van der Waals surface area contributed by atoms with Crippen LogP contribution in [0.25, 0.3) is 0 Å². The Balaban J connectivity index is 2.97. The highest BCUT2D eigenvalue weighted by atomic mass is 15.0. The van der Waals surface area contributed by atoms with Gasteiger partial charge in [0.2, 0.25) is 0 Å². The molecule has 2 heterocycles. The molecule has 0 spiro atoms. The fraction of sp³-hybridized carbons (Fsp3) is 0.143. The molecule has 1 aromatic heterocycles. The van der Waals surface area contributed by atoms with Crippen molar-refractivity contribution in [3.63, 3.8) is 0 Å². The van der Waals surface area contributed by atoms with Gasteiger partial charge < -0.3 is 0 Å². The molecule has 1 aromatic rings. The summed E-state index contributed by atoms with van der Waals surface area (Å²) < 4.78 is 2.03. The van der Waals surface area contributed by atoms with Crippen molar-refractivity contribution >= 4 is 0 Å². The zero-order chi connectivity index (χ0) is 6.10. The van der Waals surface area contributed by atoms with Gasteiger partial charge in [0.25, 0.3) is 0 Å². The molecule has 2 nitrogen and oxygen atoms in total. The van der Waals surface area contributed by atoms with Crippen LogP contribution in [0.5, 0.6) is 0 Å². The summed E-state index contributed by atoms with van der Waals surface area (Å²) in [6.45, 7) is 0.823. The van der Waals surface area contributed by atoms with Crippen LogP contribution in [-0.2, 0) is 0 Å². The molecule has 0 aromatic carbocycles. The second kappa shape index (κ2) is 1.65. The van der Waals surface area contributed by atoms with Crippen molar-refractivity contribution in [3.8, 4) is 0 Å². The maximum absolute atomic E-state index is 4.21. The van der Waals surface area contributed by atoms with Gasteiger partial charge in [0.05, 0.1) is 6.20 Å². The van der Waals surface area contributed by atoms with Crippen molar-refractivity contribution in [2.24, 2.45) is 4.99 Å². The van der Waals surface area contributed by atoms with E-state index in [0.29, 0.717) is 0 Å². The van der Waals surface area contributed by atoms with E-state index in [-0.39, 0.29) is 0 Å². The van der Waals surface area contributed by atoms with Crippen LogP contribution in [-0.4, -0.2) is 6.54 Å². The quantitative estimate of drug-likeness (QED) is 0.414. The zero-order valence-electron chi connectivity index (χ0n) is 4.99. The van der Waals surface area contributed by atoms with Crippen molar-refractivity contribution in [1.29, 1.82) is 0 Å². The summed E-state index contributed by atoms with van der Waals surface area (Å²) in [5.74, 6) is 0. The Bertz CT molecular complexity index is 294. The van der Waals surface area contributed by atoms with Crippen LogP contribution >= 0.6 is 0 Å². The first-order valence-electron chi connectivity index (χ1n) is 2.98. The number of aromatic nitrogens is 1. The molecular weight excluding hydrogens is 112 g/mol. The van der Waals surface area contributed by atoms with Crippen LogP contribution < -0.4 is 9.73 Å². The minimum absolute atomic E-state index is 0.823. The molecule has 1 aliphatic rings. The molecule has 0 N–H and O–H groups in total. The highest BCUT2D eigenvalue weighted by Gasteiger charge is 1.99. The maximum atomic E-state index is 4.21. The second-order valence-corrected chi connectivity index (χ2v) is 1.99. The minimum Gasteiger partial charge on any atom is -0.203 e. The second-order valence-electron chi connectivity index (χ2n) is 1.99. The molecule has 0 saturated heterocycles. The summed E-state index contributed by atoms with van der Waals surface area (Å²) in [4.78, 5) is 4.21. The standard InChI is InChI=1S/C7H7N2/c1-2-5-9-6-4-8-7(9)3-1/h1-3,5-6H,4H2/q+1. The van der Waals surface area contributed by atoms with E-state index in [1.54, 1.807) is 0 Å². The van der Waals surface area contributed by atoms with Gasteiger partial charge in [0.15, 0.2) is 6.54 Å². The predicted molar refractivity (Wildman–Crippen MR) is 32.4 cm³/mol. The van der Waals surface area contributed by atoms with Crippen LogP contribution in [0.3, 0.4) is 0 Å². The van der Waals surface area contributed by atoms with Gasteiger partial charge in [-0.2, -0.15) is 0 Å². The monoisotopic (exact) mass is 119 g/mol. The number of hydrogen-bond acceptors (Lipinski definition) is 1. The Morgan fingerprint density at radius 3 is 3.33 bits per heavy atom. The predicted octanol–water partition coefficient (Wildman–Crippen LogP) is -0.383. The van der Waals surface area contributed by atoms with Gasteiger partial charge in [0, 0.05) is 6.07 Å². The molecule has 0 atom stereocenters. The summed E-state index contributed by atoms with van der Waals surface area (Å²) in [7, 11) is 0. The van der Waals surface area contributed by atoms with Gasteiger partial charge >= 0.3 is 5.49 Å². The molecule has 0 aliphatic carbocycles. The normalized spacial score (nSPS) is 13.8. The first-order valence-corrected chi connectivity index (χ1v) is 2.98. The SMILES string of the molecule is C1=[n+]2ccccc2=NC1. The average molecular weight is 119 g/mol. The van der Waals surface area contributed by atoms with E-state index in [0.717, 1.165) is 12.0 Å². The van der Waals surface area contributed by atoms with Crippen molar-refractivity contribution < 1.29 is 4.24 Å². The number of pyridine rings is 1. The Morgan fingerprint density at radius 1 is 1.44 bits per heavy atom. The van der Waals surface area contributed by atoms with E-state index in [2.05, 4.69) is 11.2 Å². The number of nitrogens with zero attached hydrogens (tertiary/aromatic N) is 2. The lowest BCUT2D eigenvalue weighted by atomic mass is 10.5. The average Bonchev–Trinajstić information content (AvgIpc) is 2.33. The minimum atomic E-state index is 0.823. The van der Waals surface area contributed by atoms with Gasteiger partial charge in [-0.1, -0.05) is 11.1 Å². The zero-order valence-corrected chi connectivity index (χ0v) is 4.99. The lowest BCUT2D eigenvalue weighted by molar-refractivity contribution is -0.522. The van der Waals surface area contributed by atoms with E-state index in [1.165, 1.54) is 0 Å². The van der Waals surface area contributed by atoms with Crippen molar-refractivity contribution in [3.05, 3.63) is 36.1 Å². The van der Waals surface area contributed by atoms with E-state index in [1.807, 2.05) is 28.6 Å². The van der Waals surface area contributed by atoms with Gasteiger partial charge in [-0.05, 0) is 6.07 Å². The summed E-state index contributed by atoms with van der Waals surface area (Å²) >= 11 is 0. The molecule has 2 rings (SSSR count). The third-order valence-corrected chi connectivity index (χ3v) is 1.40. The maximum Gasteiger partial charge on any atom is 0.322 e. The Morgan fingerprint density at radius 2 is 2.44 bits per heavy atom. The Labute approximate surface area is 52.8 Å². The first kappa shape index (κ1) is 4.68. The summed E-state index contributed by atoms with van der Waals surface area (Å²) in [5, 5.41) is 0. The van der Waals surface area contributed by atoms with Gasteiger partial charge in [-0.3, -0.25) is 0 Å². The van der Waals surface area contributed by atoms with Crippen LogP contribution in [0.4, 0.5) is 0 Å². The first-order chi connectivity index (χ1) is 4.47. The molecule has 1 aliphatic heterocycles. The topological polar surface area (TPSA) is 18.3 Å². The molecule has 0 bridgehead atoms. The number of rotatable bonds is 0.